The Morgan fingerprint density at radius 3 is 2.77 bits per heavy atom. The molecule has 4 heterocycles. The number of rotatable bonds is 4. The van der Waals surface area contributed by atoms with Gasteiger partial charge in [-0.3, -0.25) is 9.09 Å². The number of aromatic nitrogens is 4. The number of fused-ring (bicyclic) bond motifs is 2. The van der Waals surface area contributed by atoms with Crippen molar-refractivity contribution >= 4 is 24.8 Å². The molecule has 2 aliphatic heterocycles. The van der Waals surface area contributed by atoms with Crippen molar-refractivity contribution in [2.24, 2.45) is 0 Å². The maximum Gasteiger partial charge on any atom is 0.469 e. The molecule has 2 unspecified atom stereocenters. The highest BCUT2D eigenvalue weighted by molar-refractivity contribution is 7.46. The Morgan fingerprint density at radius 2 is 2.04 bits per heavy atom. The molecule has 0 bridgehead atoms. The standard InChI is InChI=1S/C13H18N5O7P/c1-13(2)24-8-6(3-22-26(19,20)21)23-12(9(8)25-13)18-5-17-7-10(14)15-4-16-11(7)18/h4-6,8-9,12H,3H2,1-2H3,(H2,14,15,16)(H2,19,20,21)/t6-,8?,9?,12-/m1/s1. The molecule has 0 spiro atoms. The Labute approximate surface area is 147 Å². The van der Waals surface area contributed by atoms with Crippen LogP contribution in [0.3, 0.4) is 0 Å². The van der Waals surface area contributed by atoms with Gasteiger partial charge in [-0.25, -0.2) is 19.5 Å². The number of ether oxygens (including phenoxy) is 3. The van der Waals surface area contributed by atoms with Crippen molar-refractivity contribution in [3.05, 3.63) is 12.7 Å². The minimum atomic E-state index is -4.64. The van der Waals surface area contributed by atoms with E-state index in [0.29, 0.717) is 11.2 Å². The van der Waals surface area contributed by atoms with Gasteiger partial charge in [-0.2, -0.15) is 0 Å². The van der Waals surface area contributed by atoms with Gasteiger partial charge in [0.05, 0.1) is 12.9 Å². The van der Waals surface area contributed by atoms with E-state index in [-0.39, 0.29) is 12.4 Å². The van der Waals surface area contributed by atoms with Gasteiger partial charge in [0.15, 0.2) is 23.5 Å². The second-order valence-electron chi connectivity index (χ2n) is 6.50. The first-order valence-corrected chi connectivity index (χ1v) is 9.32. The molecule has 26 heavy (non-hydrogen) atoms. The van der Waals surface area contributed by atoms with E-state index in [1.54, 1.807) is 18.4 Å². The molecule has 2 aliphatic rings. The molecule has 0 radical (unpaired) electrons. The SMILES string of the molecule is CC1(C)OC2C(O1)[C@@H](COP(=O)(O)O)O[C@H]2n1cnc2c(N)ncnc21. The summed E-state index contributed by atoms with van der Waals surface area (Å²) in [6, 6.07) is 0. The van der Waals surface area contributed by atoms with E-state index in [9.17, 15) is 4.57 Å². The highest BCUT2D eigenvalue weighted by Crippen LogP contribution is 2.45. The predicted molar refractivity (Wildman–Crippen MR) is 85.5 cm³/mol. The highest BCUT2D eigenvalue weighted by Gasteiger charge is 2.56. The monoisotopic (exact) mass is 387 g/mol. The normalized spacial score (nSPS) is 30.8. The van der Waals surface area contributed by atoms with Crippen LogP contribution in [0.4, 0.5) is 5.82 Å². The van der Waals surface area contributed by atoms with Gasteiger partial charge in [0.25, 0.3) is 0 Å². The molecule has 142 valence electrons. The third-order valence-corrected chi connectivity index (χ3v) is 4.68. The number of hydrogen-bond acceptors (Lipinski definition) is 9. The molecule has 0 aromatic carbocycles. The molecule has 2 saturated heterocycles. The lowest BCUT2D eigenvalue weighted by atomic mass is 10.1. The molecule has 0 saturated carbocycles. The second-order valence-corrected chi connectivity index (χ2v) is 7.74. The first-order chi connectivity index (χ1) is 12.1. The van der Waals surface area contributed by atoms with Gasteiger partial charge in [-0.05, 0) is 13.8 Å². The number of nitrogens with zero attached hydrogens (tertiary/aromatic N) is 4. The van der Waals surface area contributed by atoms with Crippen LogP contribution in [0.15, 0.2) is 12.7 Å². The lowest BCUT2D eigenvalue weighted by Crippen LogP contribution is -2.32. The second kappa shape index (κ2) is 5.92. The van der Waals surface area contributed by atoms with Crippen molar-refractivity contribution in [1.82, 2.24) is 19.5 Å². The fraction of sp³-hybridized carbons (Fsp3) is 0.615. The van der Waals surface area contributed by atoms with Crippen molar-refractivity contribution in [2.75, 3.05) is 12.3 Å². The first-order valence-electron chi connectivity index (χ1n) is 7.79. The summed E-state index contributed by atoms with van der Waals surface area (Å²) in [6.45, 7) is 3.13. The van der Waals surface area contributed by atoms with Crippen molar-refractivity contribution in [2.45, 2.75) is 44.2 Å². The van der Waals surface area contributed by atoms with Crippen molar-refractivity contribution < 1.29 is 33.1 Å². The van der Waals surface area contributed by atoms with Crippen LogP contribution in [-0.2, 0) is 23.3 Å². The summed E-state index contributed by atoms with van der Waals surface area (Å²) in [6.07, 6.45) is 0.231. The van der Waals surface area contributed by atoms with Crippen LogP contribution in [0.25, 0.3) is 11.2 Å². The number of nitrogens with two attached hydrogens (primary N) is 1. The molecule has 4 atom stereocenters. The average molecular weight is 387 g/mol. The molecule has 0 amide bonds. The molecule has 4 rings (SSSR count). The van der Waals surface area contributed by atoms with Crippen LogP contribution in [0.5, 0.6) is 0 Å². The third-order valence-electron chi connectivity index (χ3n) is 4.19. The zero-order valence-corrected chi connectivity index (χ0v) is 14.8. The van der Waals surface area contributed by atoms with Crippen molar-refractivity contribution in [1.29, 1.82) is 0 Å². The summed E-state index contributed by atoms with van der Waals surface area (Å²) in [5, 5.41) is 0. The van der Waals surface area contributed by atoms with Crippen LogP contribution >= 0.6 is 7.82 Å². The third kappa shape index (κ3) is 3.09. The molecule has 2 aromatic rings. The van der Waals surface area contributed by atoms with Crippen LogP contribution < -0.4 is 5.73 Å². The van der Waals surface area contributed by atoms with Crippen molar-refractivity contribution in [3.63, 3.8) is 0 Å². The topological polar surface area (TPSA) is 164 Å². The summed E-state index contributed by atoms with van der Waals surface area (Å²) >= 11 is 0. The number of nitrogen functional groups attached to an aromatic ring is 1. The molecule has 12 nitrogen and oxygen atoms in total. The highest BCUT2D eigenvalue weighted by atomic mass is 31.2. The lowest BCUT2D eigenvalue weighted by molar-refractivity contribution is -0.199. The molecule has 4 N–H and O–H groups in total. The van der Waals surface area contributed by atoms with E-state index in [0.717, 1.165) is 0 Å². The largest absolute Gasteiger partial charge is 0.469 e. The Balaban J connectivity index is 1.67. The van der Waals surface area contributed by atoms with Crippen LogP contribution in [-0.4, -0.2) is 60.0 Å². The minimum Gasteiger partial charge on any atom is -0.382 e. The summed E-state index contributed by atoms with van der Waals surface area (Å²) in [7, 11) is -4.64. The van der Waals surface area contributed by atoms with E-state index in [1.807, 2.05) is 0 Å². The van der Waals surface area contributed by atoms with Crippen LogP contribution in [0.2, 0.25) is 0 Å². The fourth-order valence-electron chi connectivity index (χ4n) is 3.24. The van der Waals surface area contributed by atoms with Gasteiger partial charge in [0.1, 0.15) is 30.2 Å². The van der Waals surface area contributed by atoms with Crippen LogP contribution in [0.1, 0.15) is 20.1 Å². The van der Waals surface area contributed by atoms with Gasteiger partial charge in [0.2, 0.25) is 0 Å². The van der Waals surface area contributed by atoms with Gasteiger partial charge in [-0.15, -0.1) is 0 Å². The van der Waals surface area contributed by atoms with Gasteiger partial charge < -0.3 is 29.7 Å². The maximum absolute atomic E-state index is 11.0. The van der Waals surface area contributed by atoms with Gasteiger partial charge >= 0.3 is 7.82 Å². The van der Waals surface area contributed by atoms with Crippen molar-refractivity contribution in [3.8, 4) is 0 Å². The Morgan fingerprint density at radius 1 is 1.31 bits per heavy atom. The Hall–Kier alpha value is -1.66. The predicted octanol–water partition coefficient (Wildman–Crippen LogP) is -0.0647. The average Bonchev–Trinajstić information content (AvgIpc) is 3.16. The Bertz CT molecular complexity index is 883. The van der Waals surface area contributed by atoms with E-state index in [4.69, 9.17) is 29.7 Å². The summed E-state index contributed by atoms with van der Waals surface area (Å²) in [5.41, 5.74) is 6.68. The number of anilines is 1. The zero-order valence-electron chi connectivity index (χ0n) is 13.9. The van der Waals surface area contributed by atoms with Crippen LogP contribution in [0, 0.1) is 0 Å². The molecule has 2 fully saturated rings. The molecule has 2 aromatic heterocycles. The number of hydrogen-bond donors (Lipinski definition) is 3. The zero-order chi connectivity index (χ0) is 18.7. The quantitative estimate of drug-likeness (QED) is 0.602. The molecular formula is C13H18N5O7P. The van der Waals surface area contributed by atoms with E-state index < -0.39 is 38.1 Å². The lowest BCUT2D eigenvalue weighted by Gasteiger charge is -2.24. The van der Waals surface area contributed by atoms with E-state index in [1.165, 1.54) is 12.7 Å². The fourth-order valence-corrected chi connectivity index (χ4v) is 3.59. The van der Waals surface area contributed by atoms with Gasteiger partial charge in [0, 0.05) is 0 Å². The number of phosphoric ester groups is 1. The molecular weight excluding hydrogens is 369 g/mol. The number of imidazole rings is 1. The smallest absolute Gasteiger partial charge is 0.382 e. The van der Waals surface area contributed by atoms with E-state index in [2.05, 4.69) is 19.5 Å². The first kappa shape index (κ1) is 17.7. The van der Waals surface area contributed by atoms with E-state index >= 15 is 0 Å². The summed E-state index contributed by atoms with van der Waals surface area (Å²) < 4.78 is 34.9. The van der Waals surface area contributed by atoms with Gasteiger partial charge in [-0.1, -0.05) is 0 Å². The summed E-state index contributed by atoms with van der Waals surface area (Å²) in [4.78, 5) is 30.2. The number of phosphoric acid groups is 1. The molecule has 13 heteroatoms. The molecule has 0 aliphatic carbocycles. The minimum absolute atomic E-state index is 0.230. The summed E-state index contributed by atoms with van der Waals surface area (Å²) in [5.74, 6) is -0.657. The maximum atomic E-state index is 11.0. The Kier molecular flexibility index (Phi) is 4.04.